The van der Waals surface area contributed by atoms with Crippen LogP contribution in [0, 0.1) is 17.3 Å². The number of rotatable bonds is 3. The van der Waals surface area contributed by atoms with Gasteiger partial charge in [-0.25, -0.2) is 0 Å². The van der Waals surface area contributed by atoms with Crippen molar-refractivity contribution in [1.82, 2.24) is 0 Å². The van der Waals surface area contributed by atoms with Gasteiger partial charge in [0.15, 0.2) is 0 Å². The summed E-state index contributed by atoms with van der Waals surface area (Å²) in [6.07, 6.45) is 0. The molecule has 0 aliphatic heterocycles. The Bertz CT molecular complexity index is 659. The molecule has 1 N–H and O–H groups in total. The quantitative estimate of drug-likeness (QED) is 0.837. The standard InChI is InChI=1S/C20H23NO/c1-20(2,3)19(15-14-16-10-6-5-7-11-16)21-17-12-8-9-13-18(17)22-4/h5-13,19,21H,1-4H3. The van der Waals surface area contributed by atoms with E-state index in [0.29, 0.717) is 0 Å². The fraction of sp³-hybridized carbons (Fsp3) is 0.300. The molecule has 0 saturated heterocycles. The molecule has 22 heavy (non-hydrogen) atoms. The third kappa shape index (κ3) is 4.30. The summed E-state index contributed by atoms with van der Waals surface area (Å²) in [5.41, 5.74) is 1.99. The van der Waals surface area contributed by atoms with Crippen LogP contribution in [-0.4, -0.2) is 13.2 Å². The molecule has 2 aromatic rings. The zero-order chi connectivity index (χ0) is 16.0. The van der Waals surface area contributed by atoms with E-state index in [2.05, 4.69) is 37.9 Å². The lowest BCUT2D eigenvalue weighted by molar-refractivity contribution is 0.387. The van der Waals surface area contributed by atoms with E-state index in [1.165, 1.54) is 0 Å². The molecule has 2 heteroatoms. The number of hydrogen-bond acceptors (Lipinski definition) is 2. The fourth-order valence-corrected chi connectivity index (χ4v) is 2.07. The number of nitrogens with one attached hydrogen (secondary N) is 1. The molecular weight excluding hydrogens is 270 g/mol. The Morgan fingerprint density at radius 3 is 2.23 bits per heavy atom. The highest BCUT2D eigenvalue weighted by Gasteiger charge is 2.23. The fourth-order valence-electron chi connectivity index (χ4n) is 2.07. The number of para-hydroxylation sites is 2. The lowest BCUT2D eigenvalue weighted by Gasteiger charge is -2.28. The van der Waals surface area contributed by atoms with E-state index in [-0.39, 0.29) is 11.5 Å². The Kier molecular flexibility index (Phi) is 5.12. The van der Waals surface area contributed by atoms with E-state index in [4.69, 9.17) is 4.74 Å². The predicted octanol–water partition coefficient (Wildman–Crippen LogP) is 4.57. The van der Waals surface area contributed by atoms with E-state index in [9.17, 15) is 0 Å². The van der Waals surface area contributed by atoms with E-state index in [0.717, 1.165) is 17.0 Å². The molecule has 0 fully saturated rings. The first-order valence-corrected chi connectivity index (χ1v) is 7.47. The van der Waals surface area contributed by atoms with Crippen LogP contribution in [0.2, 0.25) is 0 Å². The van der Waals surface area contributed by atoms with Gasteiger partial charge in [0.1, 0.15) is 5.75 Å². The minimum Gasteiger partial charge on any atom is -0.495 e. The van der Waals surface area contributed by atoms with Gasteiger partial charge in [-0.05, 0) is 29.7 Å². The van der Waals surface area contributed by atoms with Crippen molar-refractivity contribution >= 4 is 5.69 Å². The second-order valence-corrected chi connectivity index (χ2v) is 6.28. The summed E-state index contributed by atoms with van der Waals surface area (Å²) in [5.74, 6) is 7.45. The van der Waals surface area contributed by atoms with Crippen LogP contribution >= 0.6 is 0 Å². The highest BCUT2D eigenvalue weighted by molar-refractivity contribution is 5.58. The van der Waals surface area contributed by atoms with Crippen LogP contribution in [0.15, 0.2) is 54.6 Å². The van der Waals surface area contributed by atoms with Crippen molar-refractivity contribution in [3.05, 3.63) is 60.2 Å². The molecule has 0 aliphatic carbocycles. The Morgan fingerprint density at radius 1 is 0.955 bits per heavy atom. The molecule has 2 nitrogen and oxygen atoms in total. The predicted molar refractivity (Wildman–Crippen MR) is 93.2 cm³/mol. The van der Waals surface area contributed by atoms with Crippen LogP contribution in [0.4, 0.5) is 5.69 Å². The SMILES string of the molecule is COc1ccccc1NC(C#Cc1ccccc1)C(C)(C)C. The summed E-state index contributed by atoms with van der Waals surface area (Å²) in [6, 6.07) is 18.0. The average molecular weight is 293 g/mol. The summed E-state index contributed by atoms with van der Waals surface area (Å²) < 4.78 is 5.41. The molecule has 0 aliphatic rings. The van der Waals surface area contributed by atoms with Gasteiger partial charge in [0.2, 0.25) is 0 Å². The van der Waals surface area contributed by atoms with Crippen LogP contribution in [0.1, 0.15) is 26.3 Å². The molecule has 1 atom stereocenters. The van der Waals surface area contributed by atoms with Crippen molar-refractivity contribution in [1.29, 1.82) is 0 Å². The van der Waals surface area contributed by atoms with Crippen LogP contribution in [-0.2, 0) is 0 Å². The molecule has 2 rings (SSSR count). The smallest absolute Gasteiger partial charge is 0.141 e. The molecule has 0 spiro atoms. The van der Waals surface area contributed by atoms with Gasteiger partial charge < -0.3 is 10.1 Å². The Labute approximate surface area is 133 Å². The summed E-state index contributed by atoms with van der Waals surface area (Å²) in [7, 11) is 1.68. The summed E-state index contributed by atoms with van der Waals surface area (Å²) in [6.45, 7) is 6.54. The molecule has 2 aromatic carbocycles. The van der Waals surface area contributed by atoms with Crippen molar-refractivity contribution in [2.24, 2.45) is 5.41 Å². The van der Waals surface area contributed by atoms with E-state index in [1.54, 1.807) is 7.11 Å². The second-order valence-electron chi connectivity index (χ2n) is 6.28. The number of methoxy groups -OCH3 is 1. The van der Waals surface area contributed by atoms with Crippen LogP contribution in [0.3, 0.4) is 0 Å². The summed E-state index contributed by atoms with van der Waals surface area (Å²) >= 11 is 0. The molecule has 0 saturated carbocycles. The van der Waals surface area contributed by atoms with Gasteiger partial charge in [0, 0.05) is 5.56 Å². The van der Waals surface area contributed by atoms with Gasteiger partial charge in [0.25, 0.3) is 0 Å². The molecule has 0 bridgehead atoms. The number of benzene rings is 2. The minimum absolute atomic E-state index is 0.00261. The highest BCUT2D eigenvalue weighted by atomic mass is 16.5. The van der Waals surface area contributed by atoms with Crippen LogP contribution < -0.4 is 10.1 Å². The maximum atomic E-state index is 5.41. The monoisotopic (exact) mass is 293 g/mol. The van der Waals surface area contributed by atoms with Gasteiger partial charge in [-0.15, -0.1) is 0 Å². The number of hydrogen-bond donors (Lipinski definition) is 1. The van der Waals surface area contributed by atoms with Gasteiger partial charge in [-0.2, -0.15) is 0 Å². The van der Waals surface area contributed by atoms with Crippen molar-refractivity contribution in [3.63, 3.8) is 0 Å². The number of anilines is 1. The lowest BCUT2D eigenvalue weighted by Crippen LogP contribution is -2.32. The van der Waals surface area contributed by atoms with E-state index >= 15 is 0 Å². The molecule has 0 heterocycles. The molecule has 0 aromatic heterocycles. The van der Waals surface area contributed by atoms with Gasteiger partial charge >= 0.3 is 0 Å². The summed E-state index contributed by atoms with van der Waals surface area (Å²) in [4.78, 5) is 0. The third-order valence-corrected chi connectivity index (χ3v) is 3.41. The van der Waals surface area contributed by atoms with Crippen molar-refractivity contribution < 1.29 is 4.74 Å². The maximum Gasteiger partial charge on any atom is 0.141 e. The zero-order valence-electron chi connectivity index (χ0n) is 13.7. The van der Waals surface area contributed by atoms with Crippen molar-refractivity contribution in [2.45, 2.75) is 26.8 Å². The summed E-state index contributed by atoms with van der Waals surface area (Å²) in [5, 5.41) is 3.51. The van der Waals surface area contributed by atoms with Gasteiger partial charge in [-0.1, -0.05) is 62.9 Å². The van der Waals surface area contributed by atoms with Crippen molar-refractivity contribution in [2.75, 3.05) is 12.4 Å². The first-order valence-electron chi connectivity index (χ1n) is 7.47. The molecule has 0 amide bonds. The minimum atomic E-state index is 0.00261. The molecule has 1 unspecified atom stereocenters. The first kappa shape index (κ1) is 16.0. The van der Waals surface area contributed by atoms with Crippen molar-refractivity contribution in [3.8, 4) is 17.6 Å². The second kappa shape index (κ2) is 7.04. The Balaban J connectivity index is 2.27. The lowest BCUT2D eigenvalue weighted by atomic mass is 9.86. The average Bonchev–Trinajstić information content (AvgIpc) is 2.51. The largest absolute Gasteiger partial charge is 0.495 e. The van der Waals surface area contributed by atoms with E-state index in [1.807, 2.05) is 54.6 Å². The zero-order valence-corrected chi connectivity index (χ0v) is 13.7. The van der Waals surface area contributed by atoms with Gasteiger partial charge in [-0.3, -0.25) is 0 Å². The Hall–Kier alpha value is -2.40. The van der Waals surface area contributed by atoms with E-state index < -0.39 is 0 Å². The molecule has 0 radical (unpaired) electrons. The van der Waals surface area contributed by atoms with Crippen LogP contribution in [0.5, 0.6) is 5.75 Å². The third-order valence-electron chi connectivity index (χ3n) is 3.41. The normalized spacial score (nSPS) is 12.0. The Morgan fingerprint density at radius 2 is 1.59 bits per heavy atom. The molecule has 114 valence electrons. The highest BCUT2D eigenvalue weighted by Crippen LogP contribution is 2.28. The first-order chi connectivity index (χ1) is 10.5. The molecular formula is C20H23NO. The maximum absolute atomic E-state index is 5.41. The number of ether oxygens (including phenoxy) is 1. The van der Waals surface area contributed by atoms with Crippen LogP contribution in [0.25, 0.3) is 0 Å². The topological polar surface area (TPSA) is 21.3 Å². The van der Waals surface area contributed by atoms with Gasteiger partial charge in [0.05, 0.1) is 18.8 Å².